The Labute approximate surface area is 384 Å². The van der Waals surface area contributed by atoms with E-state index in [1.807, 2.05) is 25.2 Å². The number of para-hydroxylation sites is 1. The first-order chi connectivity index (χ1) is 32.2. The summed E-state index contributed by atoms with van der Waals surface area (Å²) in [6.45, 7) is 4.00. The summed E-state index contributed by atoms with van der Waals surface area (Å²) in [6.07, 6.45) is 0. The van der Waals surface area contributed by atoms with Crippen molar-refractivity contribution >= 4 is 70.4 Å². The van der Waals surface area contributed by atoms with Gasteiger partial charge in [-0.15, -0.1) is 11.3 Å². The normalized spacial score (nSPS) is 11.2. The molecule has 10 aromatic carbocycles. The van der Waals surface area contributed by atoms with Crippen molar-refractivity contribution in [2.45, 2.75) is 13.8 Å². The molecule has 0 radical (unpaired) electrons. The fraction of sp³-hybridized carbons (Fsp3) is 0.0323. The summed E-state index contributed by atoms with van der Waals surface area (Å²) in [5, 5.41) is 5.12. The number of hydrogen-bond donors (Lipinski definition) is 0. The van der Waals surface area contributed by atoms with Gasteiger partial charge in [0.25, 0.3) is 0 Å². The maximum absolute atomic E-state index is 2.39. The zero-order valence-electron chi connectivity index (χ0n) is 36.4. The van der Waals surface area contributed by atoms with Crippen molar-refractivity contribution in [1.29, 1.82) is 0 Å². The van der Waals surface area contributed by atoms with E-state index in [0.717, 1.165) is 22.7 Å². The highest BCUT2D eigenvalue weighted by Gasteiger charge is 2.17. The van der Waals surface area contributed by atoms with Crippen LogP contribution in [0.1, 0.15) is 13.8 Å². The molecule has 12 aromatic rings. The molecular formula is C62H46N2S. The van der Waals surface area contributed by atoms with E-state index in [2.05, 4.69) is 252 Å². The van der Waals surface area contributed by atoms with Gasteiger partial charge in [-0.1, -0.05) is 184 Å². The van der Waals surface area contributed by atoms with E-state index in [-0.39, 0.29) is 0 Å². The highest BCUT2D eigenvalue weighted by molar-refractivity contribution is 7.26. The molecular weight excluding hydrogens is 805 g/mol. The van der Waals surface area contributed by atoms with E-state index in [1.54, 1.807) is 0 Å². The number of nitrogens with zero attached hydrogens (tertiary/aromatic N) is 2. The van der Waals surface area contributed by atoms with Crippen LogP contribution in [0.4, 0.5) is 17.1 Å². The second-order valence-electron chi connectivity index (χ2n) is 16.1. The van der Waals surface area contributed by atoms with Gasteiger partial charge >= 0.3 is 0 Å². The molecule has 65 heavy (non-hydrogen) atoms. The van der Waals surface area contributed by atoms with Crippen LogP contribution in [-0.4, -0.2) is 4.57 Å². The average molecular weight is 851 g/mol. The molecule has 0 saturated heterocycles. The number of hydrogen-bond acceptors (Lipinski definition) is 2. The standard InChI is InChI=1S/C60H40N2S.C2H6/c1-3-12-41(13-4-1)43-22-31-48(32-23-43)61(50-37-28-46(29-38-50)52-18-11-19-55-54-17-8-10-21-59(54)63-60(52)55)49-33-26-45(27-34-49)47-30-39-58-56(40-47)53-16-7-9-20-57(53)62(58)51-35-24-44(25-36-51)42-14-5-2-6-15-42;1-2/h1-40H;1-2H3. The van der Waals surface area contributed by atoms with Gasteiger partial charge in [-0.25, -0.2) is 0 Å². The van der Waals surface area contributed by atoms with Crippen molar-refractivity contribution in [2.75, 3.05) is 4.90 Å². The van der Waals surface area contributed by atoms with E-state index in [0.29, 0.717) is 0 Å². The van der Waals surface area contributed by atoms with Gasteiger partial charge in [-0.3, -0.25) is 0 Å². The van der Waals surface area contributed by atoms with Crippen LogP contribution in [-0.2, 0) is 0 Å². The van der Waals surface area contributed by atoms with Crippen molar-refractivity contribution in [1.82, 2.24) is 4.57 Å². The molecule has 0 aliphatic carbocycles. The topological polar surface area (TPSA) is 8.17 Å². The summed E-state index contributed by atoms with van der Waals surface area (Å²) < 4.78 is 5.04. The smallest absolute Gasteiger partial charge is 0.0541 e. The third kappa shape index (κ3) is 7.36. The third-order valence-electron chi connectivity index (χ3n) is 12.4. The van der Waals surface area contributed by atoms with Gasteiger partial charge in [0.2, 0.25) is 0 Å². The van der Waals surface area contributed by atoms with Crippen LogP contribution < -0.4 is 4.90 Å². The Hall–Kier alpha value is -7.98. The van der Waals surface area contributed by atoms with E-state index >= 15 is 0 Å². The Bertz CT molecular complexity index is 3570. The summed E-state index contributed by atoms with van der Waals surface area (Å²) >= 11 is 1.88. The minimum absolute atomic E-state index is 1.10. The molecule has 0 N–H and O–H groups in total. The summed E-state index contributed by atoms with van der Waals surface area (Å²) in [6, 6.07) is 88.2. The van der Waals surface area contributed by atoms with E-state index in [4.69, 9.17) is 0 Å². The van der Waals surface area contributed by atoms with Crippen molar-refractivity contribution in [3.63, 3.8) is 0 Å². The molecule has 2 aromatic heterocycles. The lowest BCUT2D eigenvalue weighted by Gasteiger charge is -2.26. The molecule has 0 fully saturated rings. The molecule has 0 amide bonds. The number of thiophene rings is 1. The number of aromatic nitrogens is 1. The van der Waals surface area contributed by atoms with E-state index in [1.165, 1.54) is 86.5 Å². The van der Waals surface area contributed by atoms with E-state index < -0.39 is 0 Å². The molecule has 0 atom stereocenters. The molecule has 0 saturated carbocycles. The van der Waals surface area contributed by atoms with Crippen molar-refractivity contribution < 1.29 is 0 Å². The first-order valence-corrected chi connectivity index (χ1v) is 23.3. The highest BCUT2D eigenvalue weighted by atomic mass is 32.1. The summed E-state index contributed by atoms with van der Waals surface area (Å²) in [5.41, 5.74) is 16.6. The second-order valence-corrected chi connectivity index (χ2v) is 17.2. The first kappa shape index (κ1) is 39.8. The van der Waals surface area contributed by atoms with Gasteiger partial charge in [-0.05, 0) is 117 Å². The largest absolute Gasteiger partial charge is 0.311 e. The summed E-state index contributed by atoms with van der Waals surface area (Å²) in [4.78, 5) is 2.36. The fourth-order valence-electron chi connectivity index (χ4n) is 9.31. The first-order valence-electron chi connectivity index (χ1n) is 22.5. The molecule has 2 heterocycles. The molecule has 0 aliphatic heterocycles. The molecule has 3 heteroatoms. The van der Waals surface area contributed by atoms with Crippen molar-refractivity contribution in [2.24, 2.45) is 0 Å². The fourth-order valence-corrected chi connectivity index (χ4v) is 10.6. The van der Waals surface area contributed by atoms with Gasteiger partial charge in [-0.2, -0.15) is 0 Å². The van der Waals surface area contributed by atoms with Crippen molar-refractivity contribution in [3.05, 3.63) is 243 Å². The van der Waals surface area contributed by atoms with Gasteiger partial charge in [0, 0.05) is 53.7 Å². The highest BCUT2D eigenvalue weighted by Crippen LogP contribution is 2.43. The van der Waals surface area contributed by atoms with Crippen molar-refractivity contribution in [3.8, 4) is 50.2 Å². The monoisotopic (exact) mass is 850 g/mol. The molecule has 0 bridgehead atoms. The van der Waals surface area contributed by atoms with Gasteiger partial charge in [0.1, 0.15) is 0 Å². The lowest BCUT2D eigenvalue weighted by atomic mass is 10.0. The minimum Gasteiger partial charge on any atom is -0.311 e. The molecule has 2 nitrogen and oxygen atoms in total. The molecule has 0 spiro atoms. The van der Waals surface area contributed by atoms with Crippen LogP contribution in [0, 0.1) is 0 Å². The minimum atomic E-state index is 1.10. The van der Waals surface area contributed by atoms with Gasteiger partial charge < -0.3 is 9.47 Å². The SMILES string of the molecule is CC.c1ccc(-c2ccc(N(c3ccc(-c4ccc5c(c4)c4ccccc4n5-c4ccc(-c5ccccc5)cc4)cc3)c3ccc(-c4cccc5c4sc4ccccc45)cc3)cc2)cc1. The zero-order chi connectivity index (χ0) is 43.7. The zero-order valence-corrected chi connectivity index (χ0v) is 37.2. The number of fused-ring (bicyclic) bond motifs is 6. The Morgan fingerprint density at radius 1 is 0.323 bits per heavy atom. The number of anilines is 3. The van der Waals surface area contributed by atoms with Crippen LogP contribution in [0.3, 0.4) is 0 Å². The Kier molecular flexibility index (Phi) is 10.6. The maximum atomic E-state index is 2.39. The van der Waals surface area contributed by atoms with Gasteiger partial charge in [0.05, 0.1) is 11.0 Å². The number of benzene rings is 10. The third-order valence-corrected chi connectivity index (χ3v) is 13.7. The predicted octanol–water partition coefficient (Wildman–Crippen LogP) is 18.3. The lowest BCUT2D eigenvalue weighted by molar-refractivity contribution is 1.18. The molecule has 0 aliphatic rings. The van der Waals surface area contributed by atoms with Crippen LogP contribution in [0.2, 0.25) is 0 Å². The molecule has 12 rings (SSSR count). The average Bonchev–Trinajstić information content (AvgIpc) is 3.94. The van der Waals surface area contributed by atoms with E-state index in [9.17, 15) is 0 Å². The summed E-state index contributed by atoms with van der Waals surface area (Å²) in [5.74, 6) is 0. The number of rotatable bonds is 8. The van der Waals surface area contributed by atoms with Crippen LogP contribution >= 0.6 is 11.3 Å². The summed E-state index contributed by atoms with van der Waals surface area (Å²) in [7, 11) is 0. The Balaban J connectivity index is 0.00000231. The second kappa shape index (κ2) is 17.3. The van der Waals surface area contributed by atoms with Crippen LogP contribution in [0.15, 0.2) is 243 Å². The lowest BCUT2D eigenvalue weighted by Crippen LogP contribution is -2.09. The Morgan fingerprint density at radius 2 is 0.769 bits per heavy atom. The molecule has 310 valence electrons. The van der Waals surface area contributed by atoms with Crippen LogP contribution in [0.25, 0.3) is 92.2 Å². The predicted molar refractivity (Wildman–Crippen MR) is 281 cm³/mol. The quantitative estimate of drug-likeness (QED) is 0.148. The van der Waals surface area contributed by atoms with Gasteiger partial charge in [0.15, 0.2) is 0 Å². The maximum Gasteiger partial charge on any atom is 0.0541 e. The Morgan fingerprint density at radius 3 is 1.38 bits per heavy atom. The molecule has 0 unspecified atom stereocenters. The van der Waals surface area contributed by atoms with Crippen LogP contribution in [0.5, 0.6) is 0 Å².